The highest BCUT2D eigenvalue weighted by atomic mass is 35.5. The Balaban J connectivity index is 2.37. The largest absolute Gasteiger partial charge is 0.504 e. The van der Waals surface area contributed by atoms with Crippen LogP contribution in [-0.4, -0.2) is 32.1 Å². The lowest BCUT2D eigenvalue weighted by Crippen LogP contribution is -1.94. The molecule has 2 aromatic carbocycles. The molecule has 6 heteroatoms. The van der Waals surface area contributed by atoms with Crippen molar-refractivity contribution in [3.05, 3.63) is 40.9 Å². The van der Waals surface area contributed by atoms with Gasteiger partial charge < -0.3 is 19.3 Å². The van der Waals surface area contributed by atoms with Crippen LogP contribution in [0.2, 0.25) is 5.02 Å². The van der Waals surface area contributed by atoms with Crippen LogP contribution >= 0.6 is 11.6 Å². The molecule has 23 heavy (non-hydrogen) atoms. The number of ether oxygens (including phenoxy) is 3. The van der Waals surface area contributed by atoms with Gasteiger partial charge in [0, 0.05) is 17.8 Å². The van der Waals surface area contributed by atoms with E-state index in [4.69, 9.17) is 25.8 Å². The Bertz CT molecular complexity index is 716. The lowest BCUT2D eigenvalue weighted by molar-refractivity contribution is 0.318. The van der Waals surface area contributed by atoms with Gasteiger partial charge in [-0.25, -0.2) is 0 Å². The molecule has 0 aromatic heterocycles. The van der Waals surface area contributed by atoms with Crippen LogP contribution in [0.5, 0.6) is 23.0 Å². The predicted octanol–water partition coefficient (Wildman–Crippen LogP) is 4.21. The van der Waals surface area contributed by atoms with E-state index in [-0.39, 0.29) is 5.75 Å². The number of rotatable bonds is 6. The van der Waals surface area contributed by atoms with E-state index in [0.717, 1.165) is 0 Å². The summed E-state index contributed by atoms with van der Waals surface area (Å²) in [7, 11) is 3.07. The van der Waals surface area contributed by atoms with Gasteiger partial charge in [-0.1, -0.05) is 17.7 Å². The molecule has 0 aliphatic heterocycles. The van der Waals surface area contributed by atoms with E-state index in [1.54, 1.807) is 30.3 Å². The van der Waals surface area contributed by atoms with Gasteiger partial charge in [-0.3, -0.25) is 4.99 Å². The summed E-state index contributed by atoms with van der Waals surface area (Å²) in [6.45, 7) is 2.32. The Labute approximate surface area is 140 Å². The van der Waals surface area contributed by atoms with Gasteiger partial charge in [0.25, 0.3) is 0 Å². The molecule has 0 unspecified atom stereocenters. The standard InChI is InChI=1S/C17H18ClNO4/c1-4-23-14-7-5-6-11(17(14)20)10-19-13-8-12(18)15(21-2)9-16(13)22-3/h5-10,20H,4H2,1-3H3. The molecule has 0 bridgehead atoms. The van der Waals surface area contributed by atoms with Crippen molar-refractivity contribution >= 4 is 23.5 Å². The summed E-state index contributed by atoms with van der Waals surface area (Å²) >= 11 is 6.11. The molecule has 0 saturated heterocycles. The van der Waals surface area contributed by atoms with Crippen LogP contribution in [0.15, 0.2) is 35.3 Å². The average molecular weight is 336 g/mol. The third-order valence-electron chi connectivity index (χ3n) is 3.13. The zero-order valence-corrected chi connectivity index (χ0v) is 13.9. The molecule has 5 nitrogen and oxygen atoms in total. The fraction of sp³-hybridized carbons (Fsp3) is 0.235. The second kappa shape index (κ2) is 7.74. The van der Waals surface area contributed by atoms with Gasteiger partial charge in [0.2, 0.25) is 0 Å². The van der Waals surface area contributed by atoms with Crippen molar-refractivity contribution in [1.29, 1.82) is 0 Å². The smallest absolute Gasteiger partial charge is 0.166 e. The SMILES string of the molecule is CCOc1cccc(C=Nc2cc(Cl)c(OC)cc2OC)c1O. The molecule has 0 atom stereocenters. The van der Waals surface area contributed by atoms with E-state index in [0.29, 0.717) is 40.1 Å². The van der Waals surface area contributed by atoms with Crippen molar-refractivity contribution in [3.63, 3.8) is 0 Å². The normalized spacial score (nSPS) is 10.8. The fourth-order valence-electron chi connectivity index (χ4n) is 2.00. The summed E-state index contributed by atoms with van der Waals surface area (Å²) in [6.07, 6.45) is 1.53. The van der Waals surface area contributed by atoms with Gasteiger partial charge in [0.05, 0.1) is 25.8 Å². The molecule has 0 heterocycles. The quantitative estimate of drug-likeness (QED) is 0.803. The van der Waals surface area contributed by atoms with Crippen LogP contribution in [0, 0.1) is 0 Å². The first-order valence-corrected chi connectivity index (χ1v) is 7.38. The van der Waals surface area contributed by atoms with Crippen molar-refractivity contribution in [2.24, 2.45) is 4.99 Å². The van der Waals surface area contributed by atoms with Crippen LogP contribution in [-0.2, 0) is 0 Å². The van der Waals surface area contributed by atoms with Gasteiger partial charge in [-0.05, 0) is 25.1 Å². The van der Waals surface area contributed by atoms with Gasteiger partial charge >= 0.3 is 0 Å². The number of nitrogens with zero attached hydrogens (tertiary/aromatic N) is 1. The topological polar surface area (TPSA) is 60.3 Å². The summed E-state index contributed by atoms with van der Waals surface area (Å²) < 4.78 is 15.8. The molecule has 0 aliphatic rings. The minimum Gasteiger partial charge on any atom is -0.504 e. The van der Waals surface area contributed by atoms with Crippen molar-refractivity contribution in [1.82, 2.24) is 0 Å². The van der Waals surface area contributed by atoms with Crippen LogP contribution in [0.25, 0.3) is 0 Å². The lowest BCUT2D eigenvalue weighted by Gasteiger charge is -2.09. The van der Waals surface area contributed by atoms with Gasteiger partial charge in [-0.15, -0.1) is 0 Å². The zero-order chi connectivity index (χ0) is 16.8. The molecule has 0 amide bonds. The maximum absolute atomic E-state index is 10.2. The maximum Gasteiger partial charge on any atom is 0.166 e. The van der Waals surface area contributed by atoms with Crippen LogP contribution < -0.4 is 14.2 Å². The third kappa shape index (κ3) is 3.87. The average Bonchev–Trinajstić information content (AvgIpc) is 2.56. The minimum absolute atomic E-state index is 0.0386. The number of phenols is 1. The van der Waals surface area contributed by atoms with Crippen molar-refractivity contribution in [2.45, 2.75) is 6.92 Å². The van der Waals surface area contributed by atoms with E-state index >= 15 is 0 Å². The number of benzene rings is 2. The molecular formula is C17H18ClNO4. The molecule has 2 aromatic rings. The van der Waals surface area contributed by atoms with Crippen LogP contribution in [0.4, 0.5) is 5.69 Å². The molecule has 0 fully saturated rings. The van der Waals surface area contributed by atoms with Gasteiger partial charge in [-0.2, -0.15) is 0 Å². The number of methoxy groups -OCH3 is 2. The Morgan fingerprint density at radius 3 is 2.52 bits per heavy atom. The van der Waals surface area contributed by atoms with E-state index in [1.165, 1.54) is 20.4 Å². The number of hydrogen-bond donors (Lipinski definition) is 1. The first kappa shape index (κ1) is 17.0. The van der Waals surface area contributed by atoms with Crippen molar-refractivity contribution < 1.29 is 19.3 Å². The van der Waals surface area contributed by atoms with E-state index in [1.807, 2.05) is 6.92 Å². The Morgan fingerprint density at radius 1 is 1.13 bits per heavy atom. The fourth-order valence-corrected chi connectivity index (χ4v) is 2.23. The molecule has 0 saturated carbocycles. The number of aliphatic imine (C=N–C) groups is 1. The Kier molecular flexibility index (Phi) is 5.71. The molecule has 0 spiro atoms. The maximum atomic E-state index is 10.2. The molecule has 122 valence electrons. The molecule has 1 N–H and O–H groups in total. The van der Waals surface area contributed by atoms with E-state index in [9.17, 15) is 5.11 Å². The van der Waals surface area contributed by atoms with Crippen LogP contribution in [0.1, 0.15) is 12.5 Å². The molecular weight excluding hydrogens is 318 g/mol. The molecule has 2 rings (SSSR count). The van der Waals surface area contributed by atoms with E-state index in [2.05, 4.69) is 4.99 Å². The zero-order valence-electron chi connectivity index (χ0n) is 13.2. The monoisotopic (exact) mass is 335 g/mol. The number of para-hydroxylation sites is 1. The first-order chi connectivity index (χ1) is 11.1. The Morgan fingerprint density at radius 2 is 1.87 bits per heavy atom. The second-order valence-corrected chi connectivity index (χ2v) is 4.95. The number of hydrogen-bond acceptors (Lipinski definition) is 5. The van der Waals surface area contributed by atoms with Gasteiger partial charge in [0.15, 0.2) is 11.5 Å². The third-order valence-corrected chi connectivity index (χ3v) is 3.42. The summed E-state index contributed by atoms with van der Waals surface area (Å²) in [5, 5.41) is 10.6. The second-order valence-electron chi connectivity index (χ2n) is 4.54. The minimum atomic E-state index is 0.0386. The Hall–Kier alpha value is -2.40. The number of halogens is 1. The number of aromatic hydroxyl groups is 1. The summed E-state index contributed by atoms with van der Waals surface area (Å²) in [5.74, 6) is 1.47. The van der Waals surface area contributed by atoms with E-state index < -0.39 is 0 Å². The summed E-state index contributed by atoms with van der Waals surface area (Å²) in [4.78, 5) is 4.34. The molecule has 0 radical (unpaired) electrons. The number of phenolic OH excluding ortho intramolecular Hbond substituents is 1. The van der Waals surface area contributed by atoms with Crippen molar-refractivity contribution in [3.8, 4) is 23.0 Å². The molecule has 0 aliphatic carbocycles. The summed E-state index contributed by atoms with van der Waals surface area (Å²) in [5.41, 5.74) is 1.06. The van der Waals surface area contributed by atoms with Crippen molar-refractivity contribution in [2.75, 3.05) is 20.8 Å². The highest BCUT2D eigenvalue weighted by Gasteiger charge is 2.10. The lowest BCUT2D eigenvalue weighted by atomic mass is 10.2. The highest BCUT2D eigenvalue weighted by molar-refractivity contribution is 6.32. The predicted molar refractivity (Wildman–Crippen MR) is 91.1 cm³/mol. The van der Waals surface area contributed by atoms with Crippen LogP contribution in [0.3, 0.4) is 0 Å². The van der Waals surface area contributed by atoms with Gasteiger partial charge in [0.1, 0.15) is 17.2 Å². The first-order valence-electron chi connectivity index (χ1n) is 7.01. The summed E-state index contributed by atoms with van der Waals surface area (Å²) in [6, 6.07) is 8.51. The highest BCUT2D eigenvalue weighted by Crippen LogP contribution is 2.38.